The van der Waals surface area contributed by atoms with E-state index in [1.807, 2.05) is 32.0 Å². The van der Waals surface area contributed by atoms with Crippen molar-refractivity contribution in [2.45, 2.75) is 26.9 Å². The number of amides is 1. The molecular formula is C15H21NO3. The molecule has 0 bridgehead atoms. The Labute approximate surface area is 114 Å². The van der Waals surface area contributed by atoms with Crippen LogP contribution in [0.1, 0.15) is 18.1 Å². The molecule has 0 saturated carbocycles. The van der Waals surface area contributed by atoms with Gasteiger partial charge in [-0.05, 0) is 38.0 Å². The largest absolute Gasteiger partial charge is 0.481 e. The minimum Gasteiger partial charge on any atom is -0.481 e. The van der Waals surface area contributed by atoms with E-state index in [2.05, 4.69) is 0 Å². The van der Waals surface area contributed by atoms with Crippen molar-refractivity contribution in [3.8, 4) is 5.75 Å². The number of morpholine rings is 1. The maximum atomic E-state index is 12.2. The van der Waals surface area contributed by atoms with Gasteiger partial charge in [-0.15, -0.1) is 0 Å². The van der Waals surface area contributed by atoms with Crippen molar-refractivity contribution >= 4 is 5.91 Å². The first-order valence-corrected chi connectivity index (χ1v) is 6.68. The van der Waals surface area contributed by atoms with E-state index in [0.717, 1.165) is 16.9 Å². The number of carbonyl (C=O) groups excluding carboxylic acids is 1. The highest BCUT2D eigenvalue weighted by molar-refractivity contribution is 5.81. The fraction of sp³-hybridized carbons (Fsp3) is 0.533. The molecule has 0 aromatic heterocycles. The van der Waals surface area contributed by atoms with E-state index in [9.17, 15) is 4.79 Å². The Kier molecular flexibility index (Phi) is 4.43. The van der Waals surface area contributed by atoms with Gasteiger partial charge in [-0.3, -0.25) is 4.79 Å². The lowest BCUT2D eigenvalue weighted by molar-refractivity contribution is -0.142. The lowest BCUT2D eigenvalue weighted by atomic mass is 10.1. The second-order valence-corrected chi connectivity index (χ2v) is 4.97. The van der Waals surface area contributed by atoms with Crippen LogP contribution in [-0.2, 0) is 9.53 Å². The van der Waals surface area contributed by atoms with E-state index >= 15 is 0 Å². The molecule has 0 aliphatic carbocycles. The molecule has 19 heavy (non-hydrogen) atoms. The number of carbonyl (C=O) groups is 1. The van der Waals surface area contributed by atoms with Gasteiger partial charge in [-0.1, -0.05) is 12.1 Å². The van der Waals surface area contributed by atoms with Crippen molar-refractivity contribution in [1.29, 1.82) is 0 Å². The number of rotatable bonds is 3. The first kappa shape index (κ1) is 13.9. The fourth-order valence-corrected chi connectivity index (χ4v) is 2.12. The third-order valence-electron chi connectivity index (χ3n) is 3.32. The second kappa shape index (κ2) is 6.06. The molecule has 1 aromatic carbocycles. The van der Waals surface area contributed by atoms with Crippen LogP contribution in [0.15, 0.2) is 18.2 Å². The Balaban J connectivity index is 2.01. The number of nitrogens with zero attached hydrogens (tertiary/aromatic N) is 1. The van der Waals surface area contributed by atoms with E-state index < -0.39 is 6.10 Å². The topological polar surface area (TPSA) is 38.8 Å². The van der Waals surface area contributed by atoms with Crippen LogP contribution in [0, 0.1) is 13.8 Å². The molecule has 0 N–H and O–H groups in total. The molecule has 1 atom stereocenters. The highest BCUT2D eigenvalue weighted by Crippen LogP contribution is 2.21. The maximum absolute atomic E-state index is 12.2. The molecule has 1 heterocycles. The van der Waals surface area contributed by atoms with E-state index in [0.29, 0.717) is 26.3 Å². The van der Waals surface area contributed by atoms with Crippen LogP contribution in [0.2, 0.25) is 0 Å². The maximum Gasteiger partial charge on any atom is 0.263 e. The minimum atomic E-state index is -0.460. The molecular weight excluding hydrogens is 242 g/mol. The van der Waals surface area contributed by atoms with Gasteiger partial charge in [0.1, 0.15) is 5.75 Å². The summed E-state index contributed by atoms with van der Waals surface area (Å²) in [6.45, 7) is 8.34. The Morgan fingerprint density at radius 3 is 2.68 bits per heavy atom. The van der Waals surface area contributed by atoms with Crippen LogP contribution in [-0.4, -0.2) is 43.2 Å². The minimum absolute atomic E-state index is 0.0317. The highest BCUT2D eigenvalue weighted by Gasteiger charge is 2.24. The van der Waals surface area contributed by atoms with Crippen molar-refractivity contribution < 1.29 is 14.3 Å². The molecule has 104 valence electrons. The average molecular weight is 263 g/mol. The molecule has 0 radical (unpaired) electrons. The molecule has 1 fully saturated rings. The van der Waals surface area contributed by atoms with Crippen LogP contribution in [0.4, 0.5) is 0 Å². The summed E-state index contributed by atoms with van der Waals surface area (Å²) in [4.78, 5) is 14.0. The van der Waals surface area contributed by atoms with Gasteiger partial charge in [0.15, 0.2) is 6.10 Å². The summed E-state index contributed by atoms with van der Waals surface area (Å²) < 4.78 is 11.1. The smallest absolute Gasteiger partial charge is 0.263 e. The zero-order valence-electron chi connectivity index (χ0n) is 11.8. The van der Waals surface area contributed by atoms with Crippen molar-refractivity contribution in [2.24, 2.45) is 0 Å². The summed E-state index contributed by atoms with van der Waals surface area (Å²) in [5.41, 5.74) is 2.18. The van der Waals surface area contributed by atoms with Crippen molar-refractivity contribution in [2.75, 3.05) is 26.3 Å². The van der Waals surface area contributed by atoms with E-state index in [4.69, 9.17) is 9.47 Å². The predicted octanol–water partition coefficient (Wildman–Crippen LogP) is 1.93. The third kappa shape index (κ3) is 3.47. The second-order valence-electron chi connectivity index (χ2n) is 4.97. The molecule has 2 rings (SSSR count). The molecule has 1 amide bonds. The van der Waals surface area contributed by atoms with Crippen LogP contribution in [0.5, 0.6) is 5.75 Å². The third-order valence-corrected chi connectivity index (χ3v) is 3.32. The first-order valence-electron chi connectivity index (χ1n) is 6.68. The molecule has 1 aromatic rings. The van der Waals surface area contributed by atoms with Crippen LogP contribution in [0.25, 0.3) is 0 Å². The average Bonchev–Trinajstić information content (AvgIpc) is 2.43. The monoisotopic (exact) mass is 263 g/mol. The molecule has 1 aliphatic heterocycles. The molecule has 0 spiro atoms. The normalized spacial score (nSPS) is 17.1. The Hall–Kier alpha value is -1.55. The molecule has 1 saturated heterocycles. The number of benzene rings is 1. The fourth-order valence-electron chi connectivity index (χ4n) is 2.12. The Bertz CT molecular complexity index is 453. The number of aryl methyl sites for hydroxylation is 2. The zero-order valence-corrected chi connectivity index (χ0v) is 11.8. The molecule has 4 nitrogen and oxygen atoms in total. The van der Waals surface area contributed by atoms with Gasteiger partial charge >= 0.3 is 0 Å². The van der Waals surface area contributed by atoms with Gasteiger partial charge in [-0.2, -0.15) is 0 Å². The Morgan fingerprint density at radius 1 is 1.32 bits per heavy atom. The van der Waals surface area contributed by atoms with Gasteiger partial charge in [-0.25, -0.2) is 0 Å². The van der Waals surface area contributed by atoms with Crippen molar-refractivity contribution in [3.05, 3.63) is 29.3 Å². The summed E-state index contributed by atoms with van der Waals surface area (Å²) in [6, 6.07) is 6.02. The lowest BCUT2D eigenvalue weighted by Gasteiger charge is -2.29. The Morgan fingerprint density at radius 2 is 2.00 bits per heavy atom. The summed E-state index contributed by atoms with van der Waals surface area (Å²) >= 11 is 0. The summed E-state index contributed by atoms with van der Waals surface area (Å²) in [5.74, 6) is 0.818. The van der Waals surface area contributed by atoms with E-state index in [1.54, 1.807) is 11.8 Å². The predicted molar refractivity (Wildman–Crippen MR) is 73.4 cm³/mol. The van der Waals surface area contributed by atoms with E-state index in [1.165, 1.54) is 0 Å². The van der Waals surface area contributed by atoms with Crippen LogP contribution in [0.3, 0.4) is 0 Å². The SMILES string of the molecule is Cc1ccc(C)c(O[C@H](C)C(=O)N2CCOCC2)c1. The zero-order chi connectivity index (χ0) is 13.8. The van der Waals surface area contributed by atoms with Crippen molar-refractivity contribution in [1.82, 2.24) is 4.90 Å². The number of hydrogen-bond acceptors (Lipinski definition) is 3. The van der Waals surface area contributed by atoms with Gasteiger partial charge in [0, 0.05) is 13.1 Å². The molecule has 0 unspecified atom stereocenters. The highest BCUT2D eigenvalue weighted by atomic mass is 16.5. The lowest BCUT2D eigenvalue weighted by Crippen LogP contribution is -2.46. The summed E-state index contributed by atoms with van der Waals surface area (Å²) in [7, 11) is 0. The van der Waals surface area contributed by atoms with E-state index in [-0.39, 0.29) is 5.91 Å². The number of ether oxygens (including phenoxy) is 2. The standard InChI is InChI=1S/C15H21NO3/c1-11-4-5-12(2)14(10-11)19-13(3)15(17)16-6-8-18-9-7-16/h4-5,10,13H,6-9H2,1-3H3/t13-/m1/s1. The van der Waals surface area contributed by atoms with Crippen molar-refractivity contribution in [3.63, 3.8) is 0 Å². The molecule has 4 heteroatoms. The van der Waals surface area contributed by atoms with Crippen LogP contribution >= 0.6 is 0 Å². The number of hydrogen-bond donors (Lipinski definition) is 0. The quantitative estimate of drug-likeness (QED) is 0.836. The van der Waals surface area contributed by atoms with Gasteiger partial charge < -0.3 is 14.4 Å². The van der Waals surface area contributed by atoms with Gasteiger partial charge in [0.25, 0.3) is 5.91 Å². The van der Waals surface area contributed by atoms with Gasteiger partial charge in [0.05, 0.1) is 13.2 Å². The summed E-state index contributed by atoms with van der Waals surface area (Å²) in [5, 5.41) is 0. The van der Waals surface area contributed by atoms with Gasteiger partial charge in [0.2, 0.25) is 0 Å². The molecule has 1 aliphatic rings. The first-order chi connectivity index (χ1) is 9.08. The van der Waals surface area contributed by atoms with Crippen LogP contribution < -0.4 is 4.74 Å². The summed E-state index contributed by atoms with van der Waals surface area (Å²) in [6.07, 6.45) is -0.460.